The molecule has 0 saturated carbocycles. The van der Waals surface area contributed by atoms with E-state index in [9.17, 15) is 4.79 Å². The van der Waals surface area contributed by atoms with Crippen LogP contribution >= 0.6 is 15.9 Å². The highest BCUT2D eigenvalue weighted by atomic mass is 79.9. The van der Waals surface area contributed by atoms with Gasteiger partial charge in [0.25, 0.3) is 0 Å². The summed E-state index contributed by atoms with van der Waals surface area (Å²) in [4.78, 5) is 11.5. The third-order valence-corrected chi connectivity index (χ3v) is 2.81. The number of benzene rings is 1. The Hall–Kier alpha value is -1.03. The maximum Gasteiger partial charge on any atom is 0.164 e. The summed E-state index contributed by atoms with van der Waals surface area (Å²) in [5.41, 5.74) is 0.877. The van der Waals surface area contributed by atoms with Gasteiger partial charge in [-0.05, 0) is 19.9 Å². The monoisotopic (exact) mass is 300 g/mol. The largest absolute Gasteiger partial charge is 0.490 e. The lowest BCUT2D eigenvalue weighted by atomic mass is 10.1. The van der Waals surface area contributed by atoms with Gasteiger partial charge in [0.05, 0.1) is 18.5 Å². The van der Waals surface area contributed by atoms with E-state index in [0.29, 0.717) is 36.5 Å². The molecule has 0 aliphatic rings. The van der Waals surface area contributed by atoms with Crippen LogP contribution in [0.4, 0.5) is 0 Å². The highest BCUT2D eigenvalue weighted by Gasteiger charge is 2.13. The van der Waals surface area contributed by atoms with E-state index < -0.39 is 0 Å². The van der Waals surface area contributed by atoms with Crippen LogP contribution in [-0.2, 0) is 11.2 Å². The smallest absolute Gasteiger partial charge is 0.164 e. The number of Topliss-reactive ketones (excluding diaryl/α,β-unsaturated/α-hetero) is 1. The van der Waals surface area contributed by atoms with E-state index >= 15 is 0 Å². The van der Waals surface area contributed by atoms with Crippen LogP contribution in [0.3, 0.4) is 0 Å². The highest BCUT2D eigenvalue weighted by molar-refractivity contribution is 9.09. The molecule has 0 bridgehead atoms. The molecule has 0 aliphatic carbocycles. The first-order chi connectivity index (χ1) is 8.22. The normalized spacial score (nSPS) is 10.1. The van der Waals surface area contributed by atoms with Crippen molar-refractivity contribution in [1.82, 2.24) is 0 Å². The zero-order valence-electron chi connectivity index (χ0n) is 10.2. The molecule has 0 saturated heterocycles. The molecule has 0 aromatic heterocycles. The Morgan fingerprint density at radius 3 is 2.53 bits per heavy atom. The minimum absolute atomic E-state index is 0.125. The summed E-state index contributed by atoms with van der Waals surface area (Å²) in [7, 11) is 0. The third kappa shape index (κ3) is 4.04. The molecule has 4 heteroatoms. The summed E-state index contributed by atoms with van der Waals surface area (Å²) in [5.74, 6) is 1.51. The number of para-hydroxylation sites is 1. The van der Waals surface area contributed by atoms with E-state index in [1.54, 1.807) is 0 Å². The van der Waals surface area contributed by atoms with Crippen molar-refractivity contribution in [3.63, 3.8) is 0 Å². The second kappa shape index (κ2) is 7.33. The van der Waals surface area contributed by atoms with Crippen LogP contribution in [-0.4, -0.2) is 24.3 Å². The van der Waals surface area contributed by atoms with Crippen molar-refractivity contribution in [1.29, 1.82) is 0 Å². The van der Waals surface area contributed by atoms with Crippen LogP contribution in [0, 0.1) is 0 Å². The van der Waals surface area contributed by atoms with Gasteiger partial charge in [-0.2, -0.15) is 0 Å². The maximum atomic E-state index is 11.5. The minimum atomic E-state index is 0.125. The van der Waals surface area contributed by atoms with E-state index in [-0.39, 0.29) is 5.78 Å². The van der Waals surface area contributed by atoms with Gasteiger partial charge in [-0.15, -0.1) is 0 Å². The quantitative estimate of drug-likeness (QED) is 0.726. The van der Waals surface area contributed by atoms with Gasteiger partial charge in [0.1, 0.15) is 5.78 Å². The SMILES string of the molecule is CCOc1cccc(CC(=O)CBr)c1OCC. The molecular formula is C13H17BrO3. The zero-order chi connectivity index (χ0) is 12.7. The zero-order valence-corrected chi connectivity index (χ0v) is 11.7. The number of hydrogen-bond donors (Lipinski definition) is 0. The summed E-state index contributed by atoms with van der Waals surface area (Å²) in [5, 5.41) is 0.359. The molecule has 0 heterocycles. The van der Waals surface area contributed by atoms with Gasteiger partial charge < -0.3 is 9.47 Å². The third-order valence-electron chi connectivity index (χ3n) is 2.19. The van der Waals surface area contributed by atoms with Crippen LogP contribution in [0.15, 0.2) is 18.2 Å². The predicted octanol–water partition coefficient (Wildman–Crippen LogP) is 2.99. The first-order valence-electron chi connectivity index (χ1n) is 5.68. The van der Waals surface area contributed by atoms with E-state index in [1.165, 1.54) is 0 Å². The van der Waals surface area contributed by atoms with Crippen LogP contribution in [0.1, 0.15) is 19.4 Å². The molecule has 1 aromatic rings. The van der Waals surface area contributed by atoms with Crippen molar-refractivity contribution < 1.29 is 14.3 Å². The fraction of sp³-hybridized carbons (Fsp3) is 0.462. The number of ether oxygens (including phenoxy) is 2. The Kier molecular flexibility index (Phi) is 6.05. The molecule has 0 unspecified atom stereocenters. The lowest BCUT2D eigenvalue weighted by Gasteiger charge is -2.14. The lowest BCUT2D eigenvalue weighted by Crippen LogP contribution is -2.07. The van der Waals surface area contributed by atoms with E-state index in [2.05, 4.69) is 15.9 Å². The fourth-order valence-corrected chi connectivity index (χ4v) is 1.74. The Morgan fingerprint density at radius 1 is 1.24 bits per heavy atom. The number of carbonyl (C=O) groups is 1. The number of alkyl halides is 1. The van der Waals surface area contributed by atoms with Gasteiger partial charge in [0.2, 0.25) is 0 Å². The average molecular weight is 301 g/mol. The van der Waals surface area contributed by atoms with Crippen LogP contribution in [0.2, 0.25) is 0 Å². The van der Waals surface area contributed by atoms with Gasteiger partial charge >= 0.3 is 0 Å². The second-order valence-electron chi connectivity index (χ2n) is 3.46. The van der Waals surface area contributed by atoms with Crippen molar-refractivity contribution in [3.8, 4) is 11.5 Å². The van der Waals surface area contributed by atoms with Gasteiger partial charge in [-0.25, -0.2) is 0 Å². The molecule has 0 aliphatic heterocycles. The molecule has 0 N–H and O–H groups in total. The minimum Gasteiger partial charge on any atom is -0.490 e. The standard InChI is InChI=1S/C13H17BrO3/c1-3-16-12-7-5-6-10(8-11(15)9-14)13(12)17-4-2/h5-7H,3-4,8-9H2,1-2H3. The van der Waals surface area contributed by atoms with Crippen LogP contribution in [0.5, 0.6) is 11.5 Å². The summed E-state index contributed by atoms with van der Waals surface area (Å²) in [6.45, 7) is 4.97. The van der Waals surface area contributed by atoms with Gasteiger partial charge in [-0.1, -0.05) is 28.1 Å². The highest BCUT2D eigenvalue weighted by Crippen LogP contribution is 2.31. The second-order valence-corrected chi connectivity index (χ2v) is 4.02. The number of halogens is 1. The van der Waals surface area contributed by atoms with Crippen LogP contribution in [0.25, 0.3) is 0 Å². The molecule has 0 amide bonds. The Balaban J connectivity index is 3.01. The average Bonchev–Trinajstić information content (AvgIpc) is 2.33. The molecule has 0 spiro atoms. The molecular weight excluding hydrogens is 284 g/mol. The molecule has 1 aromatic carbocycles. The number of hydrogen-bond acceptors (Lipinski definition) is 3. The first kappa shape index (κ1) is 14.0. The fourth-order valence-electron chi connectivity index (χ4n) is 1.54. The first-order valence-corrected chi connectivity index (χ1v) is 6.80. The van der Waals surface area contributed by atoms with Gasteiger partial charge in [0.15, 0.2) is 11.5 Å². The Bertz CT molecular complexity index is 377. The van der Waals surface area contributed by atoms with Crippen molar-refractivity contribution in [2.45, 2.75) is 20.3 Å². The van der Waals surface area contributed by atoms with Gasteiger partial charge in [-0.3, -0.25) is 4.79 Å². The van der Waals surface area contributed by atoms with Crippen molar-refractivity contribution in [2.75, 3.05) is 18.5 Å². The van der Waals surface area contributed by atoms with E-state index in [0.717, 1.165) is 5.56 Å². The maximum absolute atomic E-state index is 11.5. The number of carbonyl (C=O) groups excluding carboxylic acids is 1. The summed E-state index contributed by atoms with van der Waals surface area (Å²) in [6, 6.07) is 5.63. The van der Waals surface area contributed by atoms with Gasteiger partial charge in [0, 0.05) is 12.0 Å². The molecule has 17 heavy (non-hydrogen) atoms. The Labute approximate surface area is 110 Å². The Morgan fingerprint density at radius 2 is 1.94 bits per heavy atom. The summed E-state index contributed by atoms with van der Waals surface area (Å²) in [6.07, 6.45) is 0.363. The van der Waals surface area contributed by atoms with E-state index in [4.69, 9.17) is 9.47 Å². The topological polar surface area (TPSA) is 35.5 Å². The van der Waals surface area contributed by atoms with Crippen molar-refractivity contribution >= 4 is 21.7 Å². The molecule has 0 radical (unpaired) electrons. The predicted molar refractivity (Wildman–Crippen MR) is 71.3 cm³/mol. The molecule has 0 atom stereocenters. The van der Waals surface area contributed by atoms with E-state index in [1.807, 2.05) is 32.0 Å². The number of ketones is 1. The summed E-state index contributed by atoms with van der Waals surface area (Å²) < 4.78 is 11.1. The van der Waals surface area contributed by atoms with Crippen molar-refractivity contribution in [3.05, 3.63) is 23.8 Å². The van der Waals surface area contributed by atoms with Crippen LogP contribution < -0.4 is 9.47 Å². The molecule has 94 valence electrons. The van der Waals surface area contributed by atoms with Crippen molar-refractivity contribution in [2.24, 2.45) is 0 Å². The summed E-state index contributed by atoms with van der Waals surface area (Å²) >= 11 is 3.16. The molecule has 0 fully saturated rings. The number of rotatable bonds is 7. The molecule has 1 rings (SSSR count). The molecule has 3 nitrogen and oxygen atoms in total. The lowest BCUT2D eigenvalue weighted by molar-refractivity contribution is -0.115.